The van der Waals surface area contributed by atoms with Gasteiger partial charge in [0.05, 0.1) is 25.2 Å². The van der Waals surface area contributed by atoms with Crippen molar-refractivity contribution in [2.45, 2.75) is 63.2 Å². The Hall–Kier alpha value is -2.91. The quantitative estimate of drug-likeness (QED) is 0.260. The van der Waals surface area contributed by atoms with E-state index in [9.17, 15) is 19.5 Å². The predicted octanol–water partition coefficient (Wildman–Crippen LogP) is 2.70. The number of nitrogens with zero attached hydrogens (tertiary/aromatic N) is 2. The van der Waals surface area contributed by atoms with Crippen LogP contribution in [0.5, 0.6) is 5.75 Å². The molecule has 4 rings (SSSR count). The summed E-state index contributed by atoms with van der Waals surface area (Å²) in [6, 6.07) is 6.24. The molecular formula is C28H38N2O7. The molecule has 5 atom stereocenters. The van der Waals surface area contributed by atoms with Crippen molar-refractivity contribution >= 4 is 23.5 Å². The van der Waals surface area contributed by atoms with Crippen molar-refractivity contribution in [2.24, 2.45) is 11.8 Å². The number of amides is 2. The summed E-state index contributed by atoms with van der Waals surface area (Å²) in [5.74, 6) is -1.85. The fraction of sp³-hybridized carbons (Fsp3) is 0.607. The fourth-order valence-corrected chi connectivity index (χ4v) is 6.58. The Bertz CT molecular complexity index is 1030. The fourth-order valence-electron chi connectivity index (χ4n) is 6.58. The van der Waals surface area contributed by atoms with Crippen LogP contribution in [0, 0.1) is 11.8 Å². The Morgan fingerprint density at radius 1 is 1.24 bits per heavy atom. The summed E-state index contributed by atoms with van der Waals surface area (Å²) in [5, 5.41) is 9.35. The number of hydrogen-bond acceptors (Lipinski definition) is 7. The van der Waals surface area contributed by atoms with Gasteiger partial charge in [0.1, 0.15) is 23.3 Å². The van der Waals surface area contributed by atoms with Gasteiger partial charge in [-0.05, 0) is 63.3 Å². The smallest absolute Gasteiger partial charge is 0.312 e. The van der Waals surface area contributed by atoms with Crippen LogP contribution in [0.3, 0.4) is 0 Å². The van der Waals surface area contributed by atoms with E-state index >= 15 is 0 Å². The molecule has 3 saturated heterocycles. The molecule has 9 nitrogen and oxygen atoms in total. The molecule has 202 valence electrons. The molecule has 0 radical (unpaired) electrons. The first-order valence-corrected chi connectivity index (χ1v) is 13.2. The summed E-state index contributed by atoms with van der Waals surface area (Å²) in [6.07, 6.45) is 4.30. The average molecular weight is 515 g/mol. The number of methoxy groups -OCH3 is 1. The standard InChI is InChI=1S/C28H38N2O7/c1-5-16-29(19-10-12-20(35-4)13-11-19)25(33)23-28-15-14-27(6-2,37-28)22(26(34)36-7-3)21(28)24(32)30(23)17-8-9-18-31/h5,10-13,21-23,31H,1,6-9,14-18H2,2-4H3/t21-,22-,23?,27+,28?/m0/s1. The average Bonchev–Trinajstić information content (AvgIpc) is 3.51. The lowest BCUT2D eigenvalue weighted by molar-refractivity contribution is -0.160. The first kappa shape index (κ1) is 27.1. The molecule has 9 heteroatoms. The molecule has 1 aromatic rings. The number of likely N-dealkylation sites (tertiary alicyclic amines) is 1. The number of esters is 1. The van der Waals surface area contributed by atoms with Gasteiger partial charge in [-0.1, -0.05) is 13.0 Å². The van der Waals surface area contributed by atoms with Gasteiger partial charge < -0.3 is 29.1 Å². The van der Waals surface area contributed by atoms with Crippen molar-refractivity contribution in [3.8, 4) is 5.75 Å². The molecule has 2 unspecified atom stereocenters. The molecule has 1 aromatic carbocycles. The second kappa shape index (κ2) is 10.8. The zero-order chi connectivity index (χ0) is 26.8. The number of carbonyl (C=O) groups is 3. The Balaban J connectivity index is 1.78. The molecule has 0 saturated carbocycles. The Morgan fingerprint density at radius 2 is 1.97 bits per heavy atom. The monoisotopic (exact) mass is 514 g/mol. The summed E-state index contributed by atoms with van der Waals surface area (Å²) in [4.78, 5) is 44.8. The van der Waals surface area contributed by atoms with E-state index in [1.165, 1.54) is 0 Å². The van der Waals surface area contributed by atoms with Gasteiger partial charge in [-0.3, -0.25) is 14.4 Å². The number of hydrogen-bond donors (Lipinski definition) is 1. The van der Waals surface area contributed by atoms with Crippen LogP contribution in [-0.4, -0.2) is 78.4 Å². The number of unbranched alkanes of at least 4 members (excludes halogenated alkanes) is 1. The van der Waals surface area contributed by atoms with Gasteiger partial charge in [-0.25, -0.2) is 0 Å². The predicted molar refractivity (Wildman–Crippen MR) is 137 cm³/mol. The van der Waals surface area contributed by atoms with Crippen molar-refractivity contribution < 1.29 is 33.7 Å². The highest BCUT2D eigenvalue weighted by Gasteiger charge is 2.79. The molecule has 1 N–H and O–H groups in total. The van der Waals surface area contributed by atoms with Crippen LogP contribution in [0.1, 0.15) is 46.0 Å². The van der Waals surface area contributed by atoms with Crippen LogP contribution in [0.2, 0.25) is 0 Å². The first-order valence-electron chi connectivity index (χ1n) is 13.2. The number of benzene rings is 1. The maximum absolute atomic E-state index is 14.4. The Kier molecular flexibility index (Phi) is 7.94. The highest BCUT2D eigenvalue weighted by atomic mass is 16.6. The van der Waals surface area contributed by atoms with Crippen LogP contribution in [0.25, 0.3) is 0 Å². The molecule has 2 amide bonds. The van der Waals surface area contributed by atoms with Gasteiger partial charge in [0.25, 0.3) is 5.91 Å². The van der Waals surface area contributed by atoms with Gasteiger partial charge in [0, 0.05) is 25.4 Å². The molecule has 0 aromatic heterocycles. The Morgan fingerprint density at radius 3 is 2.57 bits per heavy atom. The SMILES string of the molecule is C=CCN(C(=O)C1N(CCCCO)C(=O)[C@@H]2[C@@H](C(=O)OCC)[C@@]3(CC)CCC12O3)c1ccc(OC)cc1. The number of carbonyl (C=O) groups excluding carboxylic acids is 3. The zero-order valence-electron chi connectivity index (χ0n) is 22.0. The van der Waals surface area contributed by atoms with Gasteiger partial charge in [-0.2, -0.15) is 0 Å². The number of fused-ring (bicyclic) bond motifs is 1. The van der Waals surface area contributed by atoms with Crippen LogP contribution >= 0.6 is 0 Å². The minimum atomic E-state index is -1.12. The van der Waals surface area contributed by atoms with E-state index in [4.69, 9.17) is 14.2 Å². The van der Waals surface area contributed by atoms with Crippen molar-refractivity contribution in [2.75, 3.05) is 38.3 Å². The van der Waals surface area contributed by atoms with E-state index in [0.717, 1.165) is 0 Å². The Labute approximate surface area is 218 Å². The molecule has 3 fully saturated rings. The third-order valence-electron chi connectivity index (χ3n) is 8.22. The summed E-state index contributed by atoms with van der Waals surface area (Å²) in [6.45, 7) is 8.25. The maximum atomic E-state index is 14.4. The first-order chi connectivity index (χ1) is 17.8. The normalized spacial score (nSPS) is 29.8. The van der Waals surface area contributed by atoms with Crippen LogP contribution in [0.4, 0.5) is 5.69 Å². The minimum Gasteiger partial charge on any atom is -0.497 e. The van der Waals surface area contributed by atoms with E-state index in [2.05, 4.69) is 6.58 Å². The third-order valence-corrected chi connectivity index (χ3v) is 8.22. The van der Waals surface area contributed by atoms with Crippen LogP contribution in [-0.2, 0) is 23.9 Å². The van der Waals surface area contributed by atoms with Crippen LogP contribution < -0.4 is 9.64 Å². The lowest BCUT2D eigenvalue weighted by Crippen LogP contribution is -2.56. The van der Waals surface area contributed by atoms with E-state index in [0.29, 0.717) is 43.5 Å². The van der Waals surface area contributed by atoms with E-state index in [1.807, 2.05) is 6.92 Å². The second-order valence-electron chi connectivity index (χ2n) is 9.98. The minimum absolute atomic E-state index is 0.00938. The number of ether oxygens (including phenoxy) is 3. The van der Waals surface area contributed by atoms with Crippen molar-refractivity contribution in [3.05, 3.63) is 36.9 Å². The third kappa shape index (κ3) is 4.32. The van der Waals surface area contributed by atoms with E-state index in [-0.39, 0.29) is 38.1 Å². The second-order valence-corrected chi connectivity index (χ2v) is 9.98. The molecule has 3 heterocycles. The van der Waals surface area contributed by atoms with Crippen molar-refractivity contribution in [1.82, 2.24) is 4.90 Å². The van der Waals surface area contributed by atoms with Gasteiger partial charge >= 0.3 is 5.97 Å². The summed E-state index contributed by atoms with van der Waals surface area (Å²) in [7, 11) is 1.58. The largest absolute Gasteiger partial charge is 0.497 e. The van der Waals surface area contributed by atoms with E-state index in [1.54, 1.807) is 54.2 Å². The van der Waals surface area contributed by atoms with E-state index < -0.39 is 35.0 Å². The molecular weight excluding hydrogens is 476 g/mol. The molecule has 2 bridgehead atoms. The lowest BCUT2D eigenvalue weighted by Gasteiger charge is -2.37. The molecule has 3 aliphatic heterocycles. The highest BCUT2D eigenvalue weighted by molar-refractivity contribution is 6.04. The number of aliphatic hydroxyl groups is 1. The number of aliphatic hydroxyl groups excluding tert-OH is 1. The number of anilines is 1. The van der Waals surface area contributed by atoms with Crippen molar-refractivity contribution in [1.29, 1.82) is 0 Å². The number of rotatable bonds is 12. The van der Waals surface area contributed by atoms with Gasteiger partial charge in [-0.15, -0.1) is 6.58 Å². The molecule has 1 spiro atoms. The molecule has 37 heavy (non-hydrogen) atoms. The molecule has 3 aliphatic rings. The molecule has 0 aliphatic carbocycles. The summed E-state index contributed by atoms with van der Waals surface area (Å²) in [5.41, 5.74) is -1.30. The zero-order valence-corrected chi connectivity index (χ0v) is 22.0. The maximum Gasteiger partial charge on any atom is 0.312 e. The lowest BCUT2D eigenvalue weighted by atomic mass is 9.65. The van der Waals surface area contributed by atoms with Crippen molar-refractivity contribution in [3.63, 3.8) is 0 Å². The van der Waals surface area contributed by atoms with Crippen LogP contribution in [0.15, 0.2) is 36.9 Å². The summed E-state index contributed by atoms with van der Waals surface area (Å²) >= 11 is 0. The van der Waals surface area contributed by atoms with Gasteiger partial charge in [0.15, 0.2) is 0 Å². The summed E-state index contributed by atoms with van der Waals surface area (Å²) < 4.78 is 17.4. The topological polar surface area (TPSA) is 106 Å². The van der Waals surface area contributed by atoms with Gasteiger partial charge in [0.2, 0.25) is 5.91 Å². The highest BCUT2D eigenvalue weighted by Crippen LogP contribution is 2.64.